The molecule has 0 bridgehead atoms. The quantitative estimate of drug-likeness (QED) is 0.624. The lowest BCUT2D eigenvalue weighted by Gasteiger charge is -2.25. The maximum Gasteiger partial charge on any atom is 0.194 e. The minimum absolute atomic E-state index is 0.336. The average Bonchev–Trinajstić information content (AvgIpc) is 3.43. The van der Waals surface area contributed by atoms with Gasteiger partial charge in [-0.15, -0.1) is 0 Å². The molecule has 1 atom stereocenters. The van der Waals surface area contributed by atoms with E-state index in [9.17, 15) is 0 Å². The zero-order valence-electron chi connectivity index (χ0n) is 17.9. The van der Waals surface area contributed by atoms with Crippen LogP contribution in [0, 0.1) is 19.3 Å². The Balaban J connectivity index is 1.49. The number of aryl methyl sites for hydroxylation is 1. The first-order valence-corrected chi connectivity index (χ1v) is 10.8. The van der Waals surface area contributed by atoms with Gasteiger partial charge in [0.1, 0.15) is 0 Å². The van der Waals surface area contributed by atoms with E-state index < -0.39 is 0 Å². The SMILES string of the molecule is CCNC(=NCc1c(C)nn(Cc2ccccc2)c1C)N1CCC2(CCOC2)C1. The van der Waals surface area contributed by atoms with Crippen molar-refractivity contribution < 1.29 is 4.74 Å². The van der Waals surface area contributed by atoms with E-state index >= 15 is 0 Å². The third-order valence-electron chi connectivity index (χ3n) is 6.35. The molecule has 1 N–H and O–H groups in total. The molecule has 156 valence electrons. The molecule has 2 aliphatic rings. The number of aromatic nitrogens is 2. The number of hydrogen-bond donors (Lipinski definition) is 1. The molecule has 1 aromatic carbocycles. The van der Waals surface area contributed by atoms with Crippen LogP contribution in [0.3, 0.4) is 0 Å². The molecule has 4 rings (SSSR count). The van der Waals surface area contributed by atoms with Gasteiger partial charge in [0.2, 0.25) is 0 Å². The maximum atomic E-state index is 5.68. The lowest BCUT2D eigenvalue weighted by Crippen LogP contribution is -2.41. The Morgan fingerprint density at radius 2 is 2.07 bits per heavy atom. The van der Waals surface area contributed by atoms with E-state index in [1.165, 1.54) is 29.7 Å². The van der Waals surface area contributed by atoms with Crippen molar-refractivity contribution in [2.24, 2.45) is 10.4 Å². The lowest BCUT2D eigenvalue weighted by molar-refractivity contribution is 0.156. The minimum Gasteiger partial charge on any atom is -0.381 e. The van der Waals surface area contributed by atoms with Crippen LogP contribution in [0.1, 0.15) is 42.3 Å². The van der Waals surface area contributed by atoms with Gasteiger partial charge in [-0.1, -0.05) is 30.3 Å². The number of aliphatic imine (C=N–C) groups is 1. The van der Waals surface area contributed by atoms with Gasteiger partial charge in [-0.2, -0.15) is 5.10 Å². The molecule has 2 saturated heterocycles. The number of guanidine groups is 1. The van der Waals surface area contributed by atoms with Gasteiger partial charge in [0.25, 0.3) is 0 Å². The predicted molar refractivity (Wildman–Crippen MR) is 116 cm³/mol. The first-order chi connectivity index (χ1) is 14.1. The highest BCUT2D eigenvalue weighted by Gasteiger charge is 2.42. The molecule has 2 aromatic rings. The first-order valence-electron chi connectivity index (χ1n) is 10.8. The topological polar surface area (TPSA) is 54.7 Å². The van der Waals surface area contributed by atoms with Crippen molar-refractivity contribution in [1.29, 1.82) is 0 Å². The number of ether oxygens (including phenoxy) is 1. The lowest BCUT2D eigenvalue weighted by atomic mass is 9.87. The van der Waals surface area contributed by atoms with Gasteiger partial charge >= 0.3 is 0 Å². The number of nitrogens with zero attached hydrogens (tertiary/aromatic N) is 4. The molecule has 1 spiro atoms. The Labute approximate surface area is 174 Å². The van der Waals surface area contributed by atoms with Crippen LogP contribution in [0.25, 0.3) is 0 Å². The summed E-state index contributed by atoms with van der Waals surface area (Å²) in [5.74, 6) is 1.02. The molecule has 3 heterocycles. The molecule has 6 nitrogen and oxygen atoms in total. The van der Waals surface area contributed by atoms with Gasteiger partial charge in [0.15, 0.2) is 5.96 Å². The minimum atomic E-state index is 0.336. The maximum absolute atomic E-state index is 5.68. The van der Waals surface area contributed by atoms with Gasteiger partial charge in [-0.05, 0) is 39.2 Å². The van der Waals surface area contributed by atoms with Crippen LogP contribution in [0.4, 0.5) is 0 Å². The van der Waals surface area contributed by atoms with Crippen LogP contribution in [-0.4, -0.2) is 53.5 Å². The molecule has 2 fully saturated rings. The summed E-state index contributed by atoms with van der Waals surface area (Å²) in [5, 5.41) is 8.28. The monoisotopic (exact) mass is 395 g/mol. The van der Waals surface area contributed by atoms with Crippen LogP contribution in [-0.2, 0) is 17.8 Å². The predicted octanol–water partition coefficient (Wildman–Crippen LogP) is 3.13. The number of rotatable bonds is 5. The summed E-state index contributed by atoms with van der Waals surface area (Å²) in [5.41, 5.74) is 5.10. The molecule has 0 saturated carbocycles. The van der Waals surface area contributed by atoms with E-state index in [0.717, 1.165) is 51.0 Å². The Morgan fingerprint density at radius 3 is 2.79 bits per heavy atom. The van der Waals surface area contributed by atoms with Crippen LogP contribution >= 0.6 is 0 Å². The highest BCUT2D eigenvalue weighted by atomic mass is 16.5. The van der Waals surface area contributed by atoms with Crippen LogP contribution < -0.4 is 5.32 Å². The van der Waals surface area contributed by atoms with Crippen molar-refractivity contribution in [3.05, 3.63) is 52.8 Å². The molecular formula is C23H33N5O. The van der Waals surface area contributed by atoms with Gasteiger partial charge in [-0.3, -0.25) is 4.68 Å². The molecule has 0 aliphatic carbocycles. The largest absolute Gasteiger partial charge is 0.381 e. The summed E-state index contributed by atoms with van der Waals surface area (Å²) in [6, 6.07) is 10.5. The van der Waals surface area contributed by atoms with E-state index in [1.54, 1.807) is 0 Å². The van der Waals surface area contributed by atoms with Gasteiger partial charge < -0.3 is 15.0 Å². The van der Waals surface area contributed by atoms with Gasteiger partial charge in [-0.25, -0.2) is 4.99 Å². The van der Waals surface area contributed by atoms with Crippen molar-refractivity contribution >= 4 is 5.96 Å². The molecule has 1 unspecified atom stereocenters. The van der Waals surface area contributed by atoms with E-state index in [0.29, 0.717) is 12.0 Å². The normalized spacial score (nSPS) is 22.0. The molecule has 29 heavy (non-hydrogen) atoms. The van der Waals surface area contributed by atoms with E-state index in [-0.39, 0.29) is 0 Å². The second kappa shape index (κ2) is 8.57. The first kappa shape index (κ1) is 20.0. The van der Waals surface area contributed by atoms with Crippen molar-refractivity contribution in [2.75, 3.05) is 32.8 Å². The van der Waals surface area contributed by atoms with Crippen LogP contribution in [0.15, 0.2) is 35.3 Å². The third kappa shape index (κ3) is 4.32. The van der Waals surface area contributed by atoms with Crippen molar-refractivity contribution in [3.8, 4) is 0 Å². The summed E-state index contributed by atoms with van der Waals surface area (Å²) in [6.45, 7) is 12.6. The number of likely N-dealkylation sites (tertiary alicyclic amines) is 1. The average molecular weight is 396 g/mol. The molecule has 6 heteroatoms. The van der Waals surface area contributed by atoms with Gasteiger partial charge in [0, 0.05) is 42.9 Å². The summed E-state index contributed by atoms with van der Waals surface area (Å²) in [4.78, 5) is 7.41. The molecule has 0 amide bonds. The molecule has 0 radical (unpaired) electrons. The van der Waals surface area contributed by atoms with Crippen molar-refractivity contribution in [3.63, 3.8) is 0 Å². The highest BCUT2D eigenvalue weighted by molar-refractivity contribution is 5.80. The third-order valence-corrected chi connectivity index (χ3v) is 6.35. The fourth-order valence-corrected chi connectivity index (χ4v) is 4.54. The summed E-state index contributed by atoms with van der Waals surface area (Å²) < 4.78 is 7.78. The zero-order valence-corrected chi connectivity index (χ0v) is 17.9. The number of benzene rings is 1. The van der Waals surface area contributed by atoms with E-state index in [2.05, 4.69) is 59.9 Å². The highest BCUT2D eigenvalue weighted by Crippen LogP contribution is 2.38. The van der Waals surface area contributed by atoms with Crippen molar-refractivity contribution in [2.45, 2.75) is 46.7 Å². The Kier molecular flexibility index (Phi) is 5.90. The zero-order chi connectivity index (χ0) is 20.3. The van der Waals surface area contributed by atoms with Gasteiger partial charge in [0.05, 0.1) is 25.4 Å². The standard InChI is InChI=1S/C23H33N5O/c1-4-24-22(27-12-10-23(16-27)11-13-29-17-23)25-14-21-18(2)26-28(19(21)3)15-20-8-6-5-7-9-20/h5-9H,4,10-17H2,1-3H3,(H,24,25). The molecule has 1 aromatic heterocycles. The summed E-state index contributed by atoms with van der Waals surface area (Å²) >= 11 is 0. The number of nitrogens with one attached hydrogen (secondary N) is 1. The van der Waals surface area contributed by atoms with Crippen LogP contribution in [0.5, 0.6) is 0 Å². The van der Waals surface area contributed by atoms with Crippen LogP contribution in [0.2, 0.25) is 0 Å². The van der Waals surface area contributed by atoms with E-state index in [1.807, 2.05) is 6.07 Å². The summed E-state index contributed by atoms with van der Waals surface area (Å²) in [7, 11) is 0. The Hall–Kier alpha value is -2.34. The fraction of sp³-hybridized carbons (Fsp3) is 0.565. The smallest absolute Gasteiger partial charge is 0.194 e. The van der Waals surface area contributed by atoms with Crippen molar-refractivity contribution in [1.82, 2.24) is 20.0 Å². The second-order valence-corrected chi connectivity index (χ2v) is 8.44. The Morgan fingerprint density at radius 1 is 1.24 bits per heavy atom. The fourth-order valence-electron chi connectivity index (χ4n) is 4.54. The molecular weight excluding hydrogens is 362 g/mol. The number of hydrogen-bond acceptors (Lipinski definition) is 3. The second-order valence-electron chi connectivity index (χ2n) is 8.44. The van der Waals surface area contributed by atoms with E-state index in [4.69, 9.17) is 14.8 Å². The molecule has 2 aliphatic heterocycles. The summed E-state index contributed by atoms with van der Waals surface area (Å²) in [6.07, 6.45) is 2.37. The Bertz CT molecular complexity index is 852.